The lowest BCUT2D eigenvalue weighted by Crippen LogP contribution is -2.51. The minimum absolute atomic E-state index is 0.856. The molecule has 1 aromatic heterocycles. The monoisotopic (exact) mass is 249 g/mol. The molecule has 2 rings (SSSR count). The van der Waals surface area contributed by atoms with Crippen molar-refractivity contribution in [2.45, 2.75) is 17.3 Å². The van der Waals surface area contributed by atoms with Crippen molar-refractivity contribution >= 4 is 11.8 Å². The maximum absolute atomic E-state index is 4.20. The Labute approximate surface area is 105 Å². The third-order valence-electron chi connectivity index (χ3n) is 2.54. The van der Waals surface area contributed by atoms with Gasteiger partial charge in [0.2, 0.25) is 0 Å². The number of benzene rings is 1. The molecule has 3 N–H and O–H groups in total. The first-order valence-electron chi connectivity index (χ1n) is 5.65. The fourth-order valence-electron chi connectivity index (χ4n) is 1.57. The maximum atomic E-state index is 4.20. The molecular weight excluding hydrogens is 232 g/mol. The summed E-state index contributed by atoms with van der Waals surface area (Å²) in [6, 6.07) is 10.4. The number of aromatic nitrogens is 3. The molecular formula is C12H17N4S+. The van der Waals surface area contributed by atoms with E-state index < -0.39 is 0 Å². The molecule has 0 bridgehead atoms. The second-order valence-corrected chi connectivity index (χ2v) is 4.78. The van der Waals surface area contributed by atoms with E-state index >= 15 is 0 Å². The van der Waals surface area contributed by atoms with E-state index in [9.17, 15) is 0 Å². The zero-order valence-electron chi connectivity index (χ0n) is 9.97. The van der Waals surface area contributed by atoms with Crippen LogP contribution in [0.15, 0.2) is 35.5 Å². The molecule has 0 saturated heterocycles. The van der Waals surface area contributed by atoms with Crippen LogP contribution in [0.25, 0.3) is 0 Å². The number of nitrogens with zero attached hydrogens (tertiary/aromatic N) is 3. The molecule has 0 aliphatic rings. The van der Waals surface area contributed by atoms with Crippen LogP contribution in [0.5, 0.6) is 0 Å². The molecule has 0 aliphatic heterocycles. The predicted molar refractivity (Wildman–Crippen MR) is 68.5 cm³/mol. The summed E-state index contributed by atoms with van der Waals surface area (Å²) >= 11 is 1.72. The van der Waals surface area contributed by atoms with E-state index in [0.717, 1.165) is 29.7 Å². The van der Waals surface area contributed by atoms with E-state index in [2.05, 4.69) is 44.8 Å². The molecule has 17 heavy (non-hydrogen) atoms. The lowest BCUT2D eigenvalue weighted by atomic mass is 10.2. The van der Waals surface area contributed by atoms with Crippen LogP contribution in [0.3, 0.4) is 0 Å². The first-order chi connectivity index (χ1) is 8.31. The third kappa shape index (κ3) is 3.08. The smallest absolute Gasteiger partial charge is 0.191 e. The Bertz CT molecular complexity index is 467. The number of rotatable bonds is 5. The fraction of sp³-hybridized carbons (Fsp3) is 0.333. The van der Waals surface area contributed by atoms with E-state index in [0.29, 0.717) is 0 Å². The molecule has 2 aromatic rings. The van der Waals surface area contributed by atoms with Crippen LogP contribution >= 0.6 is 11.8 Å². The van der Waals surface area contributed by atoms with Crippen LogP contribution in [-0.4, -0.2) is 21.3 Å². The van der Waals surface area contributed by atoms with E-state index in [1.165, 1.54) is 5.56 Å². The van der Waals surface area contributed by atoms with Gasteiger partial charge in [0, 0.05) is 12.8 Å². The van der Waals surface area contributed by atoms with Gasteiger partial charge in [0.1, 0.15) is 5.82 Å². The largest absolute Gasteiger partial charge is 0.357 e. The van der Waals surface area contributed by atoms with Crippen molar-refractivity contribution in [2.24, 2.45) is 7.05 Å². The number of quaternary nitrogens is 1. The van der Waals surface area contributed by atoms with Crippen LogP contribution in [0.4, 0.5) is 0 Å². The highest BCUT2D eigenvalue weighted by Gasteiger charge is 2.08. The average Bonchev–Trinajstić information content (AvgIpc) is 2.70. The van der Waals surface area contributed by atoms with Crippen molar-refractivity contribution in [3.05, 3.63) is 41.7 Å². The van der Waals surface area contributed by atoms with Gasteiger partial charge >= 0.3 is 0 Å². The van der Waals surface area contributed by atoms with Gasteiger partial charge < -0.3 is 10.3 Å². The molecule has 0 amide bonds. The molecule has 0 saturated carbocycles. The third-order valence-corrected chi connectivity index (χ3v) is 3.63. The van der Waals surface area contributed by atoms with Crippen molar-refractivity contribution in [3.63, 3.8) is 0 Å². The average molecular weight is 249 g/mol. The first kappa shape index (κ1) is 12.1. The standard InChI is InChI=1S/C12H16N4S/c1-16-11(7-8-13)14-15-12(16)17-9-10-5-3-2-4-6-10/h2-6H,7-9,13H2,1H3/p+1. The van der Waals surface area contributed by atoms with Crippen LogP contribution in [0.1, 0.15) is 11.4 Å². The van der Waals surface area contributed by atoms with Crippen molar-refractivity contribution in [2.75, 3.05) is 6.54 Å². The van der Waals surface area contributed by atoms with Crippen LogP contribution in [0, 0.1) is 0 Å². The lowest BCUT2D eigenvalue weighted by Gasteiger charge is -2.02. The van der Waals surface area contributed by atoms with Gasteiger partial charge in [-0.3, -0.25) is 0 Å². The Morgan fingerprint density at radius 3 is 2.71 bits per heavy atom. The topological polar surface area (TPSA) is 58.4 Å². The van der Waals surface area contributed by atoms with Crippen LogP contribution in [0.2, 0.25) is 0 Å². The summed E-state index contributed by atoms with van der Waals surface area (Å²) in [5, 5.41) is 9.34. The summed E-state index contributed by atoms with van der Waals surface area (Å²) < 4.78 is 2.05. The molecule has 0 unspecified atom stereocenters. The summed E-state index contributed by atoms with van der Waals surface area (Å²) in [7, 11) is 2.01. The fourth-order valence-corrected chi connectivity index (χ4v) is 2.45. The van der Waals surface area contributed by atoms with E-state index in [1.807, 2.05) is 13.1 Å². The normalized spacial score (nSPS) is 10.7. The quantitative estimate of drug-likeness (QED) is 0.801. The molecule has 4 nitrogen and oxygen atoms in total. The highest BCUT2D eigenvalue weighted by Crippen LogP contribution is 2.20. The highest BCUT2D eigenvalue weighted by atomic mass is 32.2. The Morgan fingerprint density at radius 2 is 2.00 bits per heavy atom. The SMILES string of the molecule is Cn1c(CC[NH3+])nnc1SCc1ccccc1. The molecule has 0 radical (unpaired) electrons. The number of thioether (sulfide) groups is 1. The molecule has 0 atom stereocenters. The molecule has 1 aromatic carbocycles. The second-order valence-electron chi connectivity index (χ2n) is 3.84. The molecule has 1 heterocycles. The van der Waals surface area contributed by atoms with E-state index in [-0.39, 0.29) is 0 Å². The van der Waals surface area contributed by atoms with E-state index in [1.54, 1.807) is 11.8 Å². The zero-order chi connectivity index (χ0) is 12.1. The maximum Gasteiger partial charge on any atom is 0.191 e. The first-order valence-corrected chi connectivity index (χ1v) is 6.64. The Balaban J connectivity index is 2.00. The lowest BCUT2D eigenvalue weighted by molar-refractivity contribution is -0.366. The summed E-state index contributed by atoms with van der Waals surface area (Å²) in [5.41, 5.74) is 5.14. The van der Waals surface area contributed by atoms with Crippen LogP contribution in [-0.2, 0) is 19.2 Å². The highest BCUT2D eigenvalue weighted by molar-refractivity contribution is 7.98. The van der Waals surface area contributed by atoms with Gasteiger partial charge in [0.05, 0.1) is 13.0 Å². The van der Waals surface area contributed by atoms with Gasteiger partial charge in [0.25, 0.3) is 0 Å². The van der Waals surface area contributed by atoms with Crippen LogP contribution < -0.4 is 5.73 Å². The number of hydrogen-bond acceptors (Lipinski definition) is 3. The Morgan fingerprint density at radius 1 is 1.24 bits per heavy atom. The van der Waals surface area contributed by atoms with E-state index in [4.69, 9.17) is 0 Å². The van der Waals surface area contributed by atoms with Gasteiger partial charge in [-0.05, 0) is 5.56 Å². The minimum Gasteiger partial charge on any atom is -0.357 e. The summed E-state index contributed by atoms with van der Waals surface area (Å²) in [6.07, 6.45) is 0.884. The zero-order valence-corrected chi connectivity index (χ0v) is 10.8. The molecule has 90 valence electrons. The van der Waals surface area contributed by atoms with Gasteiger partial charge in [-0.2, -0.15) is 0 Å². The van der Waals surface area contributed by atoms with Gasteiger partial charge in [-0.25, -0.2) is 0 Å². The predicted octanol–water partition coefficient (Wildman–Crippen LogP) is 0.892. The van der Waals surface area contributed by atoms with Gasteiger partial charge in [-0.15, -0.1) is 10.2 Å². The van der Waals surface area contributed by atoms with Gasteiger partial charge in [-0.1, -0.05) is 42.1 Å². The molecule has 5 heteroatoms. The van der Waals surface area contributed by atoms with Gasteiger partial charge in [0.15, 0.2) is 5.16 Å². The molecule has 0 fully saturated rings. The number of hydrogen-bond donors (Lipinski definition) is 1. The van der Waals surface area contributed by atoms with Crippen molar-refractivity contribution in [3.8, 4) is 0 Å². The summed E-state index contributed by atoms with van der Waals surface area (Å²) in [4.78, 5) is 0. The Hall–Kier alpha value is -1.33. The summed E-state index contributed by atoms with van der Waals surface area (Å²) in [6.45, 7) is 0.856. The van der Waals surface area contributed by atoms with Crippen molar-refractivity contribution in [1.29, 1.82) is 0 Å². The molecule has 0 spiro atoms. The van der Waals surface area contributed by atoms with Crippen molar-refractivity contribution < 1.29 is 5.73 Å². The minimum atomic E-state index is 0.856. The molecule has 0 aliphatic carbocycles. The Kier molecular flexibility index (Phi) is 4.17. The van der Waals surface area contributed by atoms with Crippen molar-refractivity contribution in [1.82, 2.24) is 14.8 Å². The summed E-state index contributed by atoms with van der Waals surface area (Å²) in [5.74, 6) is 1.94. The second kappa shape index (κ2) is 5.84.